The fourth-order valence-corrected chi connectivity index (χ4v) is 2.21. The first-order chi connectivity index (χ1) is 9.12. The van der Waals surface area contributed by atoms with Gasteiger partial charge in [0, 0.05) is 6.20 Å². The van der Waals surface area contributed by atoms with Gasteiger partial charge in [-0.05, 0) is 18.1 Å². The number of anilines is 1. The van der Waals surface area contributed by atoms with Crippen molar-refractivity contribution in [3.05, 3.63) is 24.7 Å². The van der Waals surface area contributed by atoms with E-state index in [1.165, 1.54) is 0 Å². The Morgan fingerprint density at radius 2 is 2.26 bits per heavy atom. The van der Waals surface area contributed by atoms with Gasteiger partial charge < -0.3 is 10.1 Å². The number of rotatable bonds is 3. The average molecular weight is 260 g/mol. The molecule has 0 radical (unpaired) electrons. The Hall–Kier alpha value is -1.95. The van der Waals surface area contributed by atoms with E-state index < -0.39 is 5.41 Å². The number of hydrogen-bond acceptors (Lipinski definition) is 4. The van der Waals surface area contributed by atoms with Crippen molar-refractivity contribution in [3.8, 4) is 0 Å². The summed E-state index contributed by atoms with van der Waals surface area (Å²) in [6.45, 7) is 5.08. The number of hydrogen-bond donors (Lipinski definition) is 1. The van der Waals surface area contributed by atoms with E-state index in [2.05, 4.69) is 15.5 Å². The van der Waals surface area contributed by atoms with Crippen LogP contribution in [-0.4, -0.2) is 33.7 Å². The Kier molecular flexibility index (Phi) is 2.74. The zero-order valence-electron chi connectivity index (χ0n) is 11.0. The van der Waals surface area contributed by atoms with Gasteiger partial charge in [-0.15, -0.1) is 10.2 Å². The molecule has 0 bridgehead atoms. The number of nitrogens with zero attached hydrogens (tertiary/aromatic N) is 3. The Balaban J connectivity index is 1.82. The Morgan fingerprint density at radius 1 is 1.47 bits per heavy atom. The molecule has 6 heteroatoms. The van der Waals surface area contributed by atoms with Gasteiger partial charge in [-0.1, -0.05) is 13.8 Å². The molecular weight excluding hydrogens is 244 g/mol. The van der Waals surface area contributed by atoms with E-state index in [0.29, 0.717) is 13.2 Å². The molecule has 3 heterocycles. The zero-order valence-corrected chi connectivity index (χ0v) is 11.0. The summed E-state index contributed by atoms with van der Waals surface area (Å²) >= 11 is 0. The standard InChI is InChI=1S/C13H16N4O2/c1-9(2)13(6-19-7-13)12(18)15-10-3-4-11-16-14-8-17(11)5-10/h3-5,8-9H,6-7H2,1-2H3,(H,15,18). The van der Waals surface area contributed by atoms with Crippen molar-refractivity contribution in [2.75, 3.05) is 18.5 Å². The third-order valence-corrected chi connectivity index (χ3v) is 3.83. The molecule has 0 atom stereocenters. The Morgan fingerprint density at radius 3 is 2.89 bits per heavy atom. The molecule has 1 amide bonds. The van der Waals surface area contributed by atoms with Gasteiger partial charge in [-0.25, -0.2) is 0 Å². The van der Waals surface area contributed by atoms with Crippen molar-refractivity contribution in [1.29, 1.82) is 0 Å². The second-order valence-electron chi connectivity index (χ2n) is 5.27. The summed E-state index contributed by atoms with van der Waals surface area (Å²) in [5.41, 5.74) is 1.09. The fraction of sp³-hybridized carbons (Fsp3) is 0.462. The SMILES string of the molecule is CC(C)C1(C(=O)Nc2ccc3nncn3c2)COC1. The lowest BCUT2D eigenvalue weighted by Gasteiger charge is -2.43. The highest BCUT2D eigenvalue weighted by atomic mass is 16.5. The molecule has 0 saturated carbocycles. The largest absolute Gasteiger partial charge is 0.379 e. The fourth-order valence-electron chi connectivity index (χ4n) is 2.21. The maximum absolute atomic E-state index is 12.4. The van der Waals surface area contributed by atoms with Crippen LogP contribution < -0.4 is 5.32 Å². The molecule has 1 fully saturated rings. The highest BCUT2D eigenvalue weighted by Gasteiger charge is 2.48. The smallest absolute Gasteiger partial charge is 0.235 e. The highest BCUT2D eigenvalue weighted by molar-refractivity contribution is 5.96. The lowest BCUT2D eigenvalue weighted by molar-refractivity contribution is -0.166. The summed E-state index contributed by atoms with van der Waals surface area (Å²) in [6.07, 6.45) is 3.41. The molecule has 19 heavy (non-hydrogen) atoms. The van der Waals surface area contributed by atoms with Crippen molar-refractivity contribution < 1.29 is 9.53 Å². The van der Waals surface area contributed by atoms with Crippen LogP contribution in [0.25, 0.3) is 5.65 Å². The number of aromatic nitrogens is 3. The molecule has 2 aromatic heterocycles. The molecule has 1 aliphatic rings. The van der Waals surface area contributed by atoms with E-state index in [0.717, 1.165) is 11.3 Å². The zero-order chi connectivity index (χ0) is 13.5. The third-order valence-electron chi connectivity index (χ3n) is 3.83. The number of pyridine rings is 1. The van der Waals surface area contributed by atoms with Crippen molar-refractivity contribution in [2.24, 2.45) is 11.3 Å². The second kappa shape index (κ2) is 4.31. The first-order valence-electron chi connectivity index (χ1n) is 6.30. The van der Waals surface area contributed by atoms with Crippen LogP contribution in [0.3, 0.4) is 0 Å². The van der Waals surface area contributed by atoms with Crippen molar-refractivity contribution in [3.63, 3.8) is 0 Å². The number of carbonyl (C=O) groups excluding carboxylic acids is 1. The second-order valence-corrected chi connectivity index (χ2v) is 5.27. The number of nitrogens with one attached hydrogen (secondary N) is 1. The maximum Gasteiger partial charge on any atom is 0.235 e. The number of carbonyl (C=O) groups is 1. The van der Waals surface area contributed by atoms with Crippen LogP contribution in [0, 0.1) is 11.3 Å². The van der Waals surface area contributed by atoms with E-state index in [1.807, 2.05) is 26.0 Å². The Labute approximate surface area is 110 Å². The number of amides is 1. The summed E-state index contributed by atoms with van der Waals surface area (Å²) in [5.74, 6) is 0.265. The van der Waals surface area contributed by atoms with Crippen LogP contribution >= 0.6 is 0 Å². The van der Waals surface area contributed by atoms with Gasteiger partial charge >= 0.3 is 0 Å². The van der Waals surface area contributed by atoms with Crippen LogP contribution in [0.4, 0.5) is 5.69 Å². The lowest BCUT2D eigenvalue weighted by Crippen LogP contribution is -2.55. The van der Waals surface area contributed by atoms with Crippen LogP contribution in [-0.2, 0) is 9.53 Å². The molecule has 2 aromatic rings. The molecule has 6 nitrogen and oxygen atoms in total. The van der Waals surface area contributed by atoms with Gasteiger partial charge in [-0.3, -0.25) is 9.20 Å². The molecule has 0 aliphatic carbocycles. The van der Waals surface area contributed by atoms with E-state index in [4.69, 9.17) is 4.74 Å². The van der Waals surface area contributed by atoms with Gasteiger partial charge in [0.05, 0.1) is 24.3 Å². The summed E-state index contributed by atoms with van der Waals surface area (Å²) in [5, 5.41) is 10.7. The van der Waals surface area contributed by atoms with Gasteiger partial charge in [0.25, 0.3) is 0 Å². The number of ether oxygens (including phenoxy) is 1. The molecule has 100 valence electrons. The molecule has 0 aromatic carbocycles. The van der Waals surface area contributed by atoms with Crippen molar-refractivity contribution in [1.82, 2.24) is 14.6 Å². The first-order valence-corrected chi connectivity index (χ1v) is 6.30. The van der Waals surface area contributed by atoms with Crippen molar-refractivity contribution in [2.45, 2.75) is 13.8 Å². The maximum atomic E-state index is 12.4. The third kappa shape index (κ3) is 1.88. The topological polar surface area (TPSA) is 68.5 Å². The van der Waals surface area contributed by atoms with E-state index in [1.54, 1.807) is 16.9 Å². The van der Waals surface area contributed by atoms with E-state index >= 15 is 0 Å². The van der Waals surface area contributed by atoms with Crippen LogP contribution in [0.1, 0.15) is 13.8 Å². The molecule has 1 aliphatic heterocycles. The highest BCUT2D eigenvalue weighted by Crippen LogP contribution is 2.36. The van der Waals surface area contributed by atoms with Gasteiger partial charge in [0.15, 0.2) is 5.65 Å². The summed E-state index contributed by atoms with van der Waals surface area (Å²) in [4.78, 5) is 12.4. The molecule has 3 rings (SSSR count). The summed E-state index contributed by atoms with van der Waals surface area (Å²) in [7, 11) is 0. The van der Waals surface area contributed by atoms with E-state index in [9.17, 15) is 4.79 Å². The molecule has 1 saturated heterocycles. The minimum absolute atomic E-state index is 0.0150. The minimum atomic E-state index is -0.401. The van der Waals surface area contributed by atoms with Crippen LogP contribution in [0.5, 0.6) is 0 Å². The molecule has 0 unspecified atom stereocenters. The lowest BCUT2D eigenvalue weighted by atomic mass is 9.74. The van der Waals surface area contributed by atoms with Crippen molar-refractivity contribution >= 4 is 17.2 Å². The van der Waals surface area contributed by atoms with Crippen LogP contribution in [0.15, 0.2) is 24.7 Å². The molecular formula is C13H16N4O2. The van der Waals surface area contributed by atoms with Gasteiger partial charge in [-0.2, -0.15) is 0 Å². The quantitative estimate of drug-likeness (QED) is 0.904. The Bertz CT molecular complexity index is 616. The predicted molar refractivity (Wildman–Crippen MR) is 69.7 cm³/mol. The monoisotopic (exact) mass is 260 g/mol. The van der Waals surface area contributed by atoms with Gasteiger partial charge in [0.2, 0.25) is 5.91 Å². The minimum Gasteiger partial charge on any atom is -0.379 e. The predicted octanol–water partition coefficient (Wildman–Crippen LogP) is 1.34. The summed E-state index contributed by atoms with van der Waals surface area (Å²) in [6, 6.07) is 3.65. The average Bonchev–Trinajstić information content (AvgIpc) is 2.73. The van der Waals surface area contributed by atoms with Gasteiger partial charge in [0.1, 0.15) is 6.33 Å². The normalized spacial score (nSPS) is 17.4. The summed E-state index contributed by atoms with van der Waals surface area (Å²) < 4.78 is 7.00. The van der Waals surface area contributed by atoms with E-state index in [-0.39, 0.29) is 11.8 Å². The number of fused-ring (bicyclic) bond motifs is 1. The first kappa shape index (κ1) is 12.1. The molecule has 0 spiro atoms. The molecule has 1 N–H and O–H groups in total. The van der Waals surface area contributed by atoms with Crippen LogP contribution in [0.2, 0.25) is 0 Å².